The Balaban J connectivity index is 1.82. The Morgan fingerprint density at radius 1 is 1.54 bits per heavy atom. The average Bonchev–Trinajstić information content (AvgIpc) is 2.61. The third-order valence-corrected chi connectivity index (χ3v) is 3.07. The molecule has 3 atom stereocenters. The highest BCUT2D eigenvalue weighted by Gasteiger charge is 2.61. The molecular formula is C9H8N2O2. The second-order valence-electron chi connectivity index (χ2n) is 3.76. The summed E-state index contributed by atoms with van der Waals surface area (Å²) in [5.41, 5.74) is 1.25. The molecule has 1 aliphatic carbocycles. The molecule has 3 aliphatic rings. The van der Waals surface area contributed by atoms with Crippen molar-refractivity contribution in [2.75, 3.05) is 4.90 Å². The van der Waals surface area contributed by atoms with Gasteiger partial charge in [-0.1, -0.05) is 0 Å². The molecule has 1 saturated carbocycles. The molecule has 0 amide bonds. The van der Waals surface area contributed by atoms with Crippen LogP contribution in [0.4, 0.5) is 6.01 Å². The Morgan fingerprint density at radius 2 is 2.54 bits per heavy atom. The molecule has 1 saturated heterocycles. The molecule has 1 aromatic heterocycles. The molecule has 0 N–H and O–H groups in total. The predicted molar refractivity (Wildman–Crippen MR) is 43.5 cm³/mol. The molecule has 0 spiro atoms. The third kappa shape index (κ3) is 0.577. The van der Waals surface area contributed by atoms with Crippen LogP contribution in [0.15, 0.2) is 28.8 Å². The normalized spacial score (nSPS) is 38.6. The maximum absolute atomic E-state index is 5.51. The zero-order valence-corrected chi connectivity index (χ0v) is 6.88. The van der Waals surface area contributed by atoms with E-state index in [0.717, 1.165) is 0 Å². The fourth-order valence-electron chi connectivity index (χ4n) is 2.39. The van der Waals surface area contributed by atoms with Crippen molar-refractivity contribution >= 4 is 6.01 Å². The monoisotopic (exact) mass is 176 g/mol. The largest absolute Gasteiger partial charge is 0.475 e. The molecule has 4 rings (SSSR count). The van der Waals surface area contributed by atoms with Crippen molar-refractivity contribution in [2.45, 2.75) is 12.6 Å². The van der Waals surface area contributed by atoms with Gasteiger partial charge in [-0.05, 0) is 6.42 Å². The van der Waals surface area contributed by atoms with Crippen LogP contribution in [0.5, 0.6) is 0 Å². The molecule has 0 aromatic carbocycles. The van der Waals surface area contributed by atoms with Gasteiger partial charge in [-0.15, -0.1) is 0 Å². The highest BCUT2D eigenvalue weighted by molar-refractivity contribution is 5.49. The molecule has 2 fully saturated rings. The van der Waals surface area contributed by atoms with E-state index < -0.39 is 0 Å². The van der Waals surface area contributed by atoms with E-state index in [0.29, 0.717) is 17.9 Å². The quantitative estimate of drug-likeness (QED) is 0.647. The Bertz CT molecular complexity index is 384. The molecule has 3 heterocycles. The zero-order valence-electron chi connectivity index (χ0n) is 6.88. The highest BCUT2D eigenvalue weighted by Crippen LogP contribution is 2.59. The topological polar surface area (TPSA) is 38.5 Å². The summed E-state index contributed by atoms with van der Waals surface area (Å²) in [4.78, 5) is 6.20. The van der Waals surface area contributed by atoms with Gasteiger partial charge >= 0.3 is 6.01 Å². The molecule has 4 heteroatoms. The van der Waals surface area contributed by atoms with Gasteiger partial charge in [-0.2, -0.15) is 0 Å². The molecule has 0 radical (unpaired) electrons. The van der Waals surface area contributed by atoms with Gasteiger partial charge in [0.1, 0.15) is 12.5 Å². The predicted octanol–water partition coefficient (Wildman–Crippen LogP) is 1.33. The van der Waals surface area contributed by atoms with Crippen LogP contribution in [0.25, 0.3) is 0 Å². The van der Waals surface area contributed by atoms with E-state index >= 15 is 0 Å². The minimum atomic E-state index is 0.165. The second kappa shape index (κ2) is 1.73. The number of hydrogen-bond donors (Lipinski definition) is 0. The van der Waals surface area contributed by atoms with Crippen molar-refractivity contribution in [3.05, 3.63) is 24.4 Å². The fraction of sp³-hybridized carbons (Fsp3) is 0.444. The third-order valence-electron chi connectivity index (χ3n) is 3.07. The van der Waals surface area contributed by atoms with Crippen LogP contribution >= 0.6 is 0 Å². The van der Waals surface area contributed by atoms with Crippen LogP contribution in [-0.4, -0.2) is 11.2 Å². The van der Waals surface area contributed by atoms with Crippen molar-refractivity contribution in [1.82, 2.24) is 4.98 Å². The molecule has 13 heavy (non-hydrogen) atoms. The lowest BCUT2D eigenvalue weighted by atomic mass is 10.3. The van der Waals surface area contributed by atoms with Gasteiger partial charge in [0.05, 0.1) is 11.9 Å². The van der Waals surface area contributed by atoms with E-state index in [9.17, 15) is 0 Å². The van der Waals surface area contributed by atoms with Gasteiger partial charge in [-0.3, -0.25) is 4.90 Å². The Hall–Kier alpha value is -1.45. The van der Waals surface area contributed by atoms with E-state index in [1.807, 2.05) is 6.26 Å². The number of rotatable bonds is 1. The summed E-state index contributed by atoms with van der Waals surface area (Å²) >= 11 is 0. The smallest absolute Gasteiger partial charge is 0.304 e. The molecule has 3 unspecified atom stereocenters. The standard InChI is InChI=1S/C9H8N2O2/c1-2-12-9(10-1)11-7-4-13-8(11)6-3-5(6)7/h1-2,4-6,8H,3H2. The van der Waals surface area contributed by atoms with E-state index in [1.54, 1.807) is 12.5 Å². The molecular weight excluding hydrogens is 168 g/mol. The second-order valence-corrected chi connectivity index (χ2v) is 3.76. The number of allylic oxidation sites excluding steroid dienone is 1. The van der Waals surface area contributed by atoms with Crippen LogP contribution in [0.2, 0.25) is 0 Å². The van der Waals surface area contributed by atoms with Crippen LogP contribution in [0.1, 0.15) is 6.42 Å². The number of aromatic nitrogens is 1. The summed E-state index contributed by atoms with van der Waals surface area (Å²) in [6.07, 6.45) is 6.55. The summed E-state index contributed by atoms with van der Waals surface area (Å²) in [6, 6.07) is 0.668. The number of piperidine rings is 1. The van der Waals surface area contributed by atoms with E-state index in [-0.39, 0.29) is 6.23 Å². The first-order valence-electron chi connectivity index (χ1n) is 4.49. The van der Waals surface area contributed by atoms with Crippen molar-refractivity contribution < 1.29 is 9.15 Å². The van der Waals surface area contributed by atoms with Crippen LogP contribution in [-0.2, 0) is 4.74 Å². The molecule has 2 bridgehead atoms. The van der Waals surface area contributed by atoms with Gasteiger partial charge in [0.25, 0.3) is 0 Å². The van der Waals surface area contributed by atoms with Crippen LogP contribution in [0.3, 0.4) is 0 Å². The van der Waals surface area contributed by atoms with Gasteiger partial charge in [0.15, 0.2) is 6.23 Å². The molecule has 1 aromatic rings. The Kier molecular flexibility index (Phi) is 0.810. The minimum absolute atomic E-state index is 0.165. The van der Waals surface area contributed by atoms with Gasteiger partial charge in [0, 0.05) is 11.8 Å². The molecule has 2 aliphatic heterocycles. The number of oxazole rings is 1. The summed E-state index contributed by atoms with van der Waals surface area (Å²) in [7, 11) is 0. The maximum Gasteiger partial charge on any atom is 0.304 e. The summed E-state index contributed by atoms with van der Waals surface area (Å²) in [5, 5.41) is 0. The SMILES string of the molecule is C1=C2C3CC3C(O1)N2c1ncco1. The lowest BCUT2D eigenvalue weighted by Crippen LogP contribution is -2.28. The van der Waals surface area contributed by atoms with Crippen LogP contribution < -0.4 is 4.90 Å². The van der Waals surface area contributed by atoms with E-state index in [2.05, 4.69) is 9.88 Å². The van der Waals surface area contributed by atoms with Gasteiger partial charge in [-0.25, -0.2) is 4.98 Å². The summed E-state index contributed by atoms with van der Waals surface area (Å²) in [6.45, 7) is 0. The number of hydrogen-bond acceptors (Lipinski definition) is 4. The first-order valence-corrected chi connectivity index (χ1v) is 4.49. The minimum Gasteiger partial charge on any atom is -0.475 e. The molecule has 4 nitrogen and oxygen atoms in total. The molecule has 66 valence electrons. The maximum atomic E-state index is 5.51. The summed E-state index contributed by atoms with van der Waals surface area (Å²) < 4.78 is 10.8. The first kappa shape index (κ1) is 6.07. The van der Waals surface area contributed by atoms with E-state index in [4.69, 9.17) is 9.15 Å². The van der Waals surface area contributed by atoms with Crippen LogP contribution in [0, 0.1) is 11.8 Å². The van der Waals surface area contributed by atoms with E-state index in [1.165, 1.54) is 12.1 Å². The van der Waals surface area contributed by atoms with Crippen molar-refractivity contribution in [2.24, 2.45) is 11.8 Å². The Morgan fingerprint density at radius 3 is 3.23 bits per heavy atom. The van der Waals surface area contributed by atoms with Crippen molar-refractivity contribution in [1.29, 1.82) is 0 Å². The lowest BCUT2D eigenvalue weighted by molar-refractivity contribution is 0.146. The first-order chi connectivity index (χ1) is 6.45. The Labute approximate surface area is 74.8 Å². The number of nitrogens with zero attached hydrogens (tertiary/aromatic N) is 2. The fourth-order valence-corrected chi connectivity index (χ4v) is 2.39. The zero-order chi connectivity index (χ0) is 8.41. The summed E-state index contributed by atoms with van der Waals surface area (Å²) in [5.74, 6) is 1.40. The highest BCUT2D eigenvalue weighted by atomic mass is 16.5. The average molecular weight is 176 g/mol. The number of ether oxygens (including phenoxy) is 1. The van der Waals surface area contributed by atoms with Gasteiger partial charge in [0.2, 0.25) is 0 Å². The van der Waals surface area contributed by atoms with Gasteiger partial charge < -0.3 is 9.15 Å². The lowest BCUT2D eigenvalue weighted by Gasteiger charge is -2.18. The van der Waals surface area contributed by atoms with Crippen molar-refractivity contribution in [3.63, 3.8) is 0 Å². The number of anilines is 1. The van der Waals surface area contributed by atoms with Crippen molar-refractivity contribution in [3.8, 4) is 0 Å². The number of fused-ring (bicyclic) bond motifs is 5.